The van der Waals surface area contributed by atoms with Crippen molar-refractivity contribution in [1.29, 1.82) is 5.26 Å². The summed E-state index contributed by atoms with van der Waals surface area (Å²) in [6.07, 6.45) is 2.07. The molecule has 2 rings (SSSR count). The Balaban J connectivity index is 1.85. The molecule has 0 spiro atoms. The Morgan fingerprint density at radius 1 is 1.39 bits per heavy atom. The van der Waals surface area contributed by atoms with Crippen molar-refractivity contribution in [2.24, 2.45) is 0 Å². The number of nitrogens with zero attached hydrogens (tertiary/aromatic N) is 3. The molecular weight excluding hydrogens is 312 g/mol. The zero-order valence-corrected chi connectivity index (χ0v) is 14.2. The third-order valence-corrected chi connectivity index (χ3v) is 4.63. The van der Waals surface area contributed by atoms with Crippen molar-refractivity contribution in [3.8, 4) is 6.07 Å². The second kappa shape index (κ2) is 7.97. The highest BCUT2D eigenvalue weighted by atomic mass is 32.2. The average molecular weight is 332 g/mol. The number of nitriles is 1. The van der Waals surface area contributed by atoms with E-state index in [-0.39, 0.29) is 24.1 Å². The number of aromatic nitrogens is 1. The van der Waals surface area contributed by atoms with Crippen LogP contribution in [-0.2, 0) is 9.59 Å². The SMILES string of the molecule is Cc1cc(C)c(C#N)c(SCC(=O)NCC(=O)N2CCCC2)n1. The van der Waals surface area contributed by atoms with Crippen molar-refractivity contribution in [2.45, 2.75) is 31.7 Å². The lowest BCUT2D eigenvalue weighted by molar-refractivity contribution is -0.131. The van der Waals surface area contributed by atoms with Gasteiger partial charge < -0.3 is 10.2 Å². The maximum atomic E-state index is 11.9. The number of nitrogens with one attached hydrogen (secondary N) is 1. The van der Waals surface area contributed by atoms with Gasteiger partial charge in [-0.1, -0.05) is 11.8 Å². The van der Waals surface area contributed by atoms with Gasteiger partial charge in [-0.05, 0) is 38.3 Å². The summed E-state index contributed by atoms with van der Waals surface area (Å²) in [7, 11) is 0. The normalized spacial score (nSPS) is 13.7. The smallest absolute Gasteiger partial charge is 0.241 e. The number of amides is 2. The summed E-state index contributed by atoms with van der Waals surface area (Å²) in [5.41, 5.74) is 2.17. The van der Waals surface area contributed by atoms with E-state index in [0.29, 0.717) is 10.6 Å². The van der Waals surface area contributed by atoms with Crippen molar-refractivity contribution in [3.63, 3.8) is 0 Å². The topological polar surface area (TPSA) is 86.1 Å². The highest BCUT2D eigenvalue weighted by Gasteiger charge is 2.18. The molecule has 0 unspecified atom stereocenters. The Morgan fingerprint density at radius 3 is 2.74 bits per heavy atom. The molecule has 2 heterocycles. The minimum atomic E-state index is -0.229. The van der Waals surface area contributed by atoms with E-state index in [0.717, 1.165) is 37.2 Å². The van der Waals surface area contributed by atoms with E-state index >= 15 is 0 Å². The minimum Gasteiger partial charge on any atom is -0.346 e. The van der Waals surface area contributed by atoms with E-state index in [1.54, 1.807) is 4.90 Å². The molecule has 1 N–H and O–H groups in total. The van der Waals surface area contributed by atoms with Gasteiger partial charge in [0.1, 0.15) is 11.1 Å². The summed E-state index contributed by atoms with van der Waals surface area (Å²) in [6.45, 7) is 5.30. The van der Waals surface area contributed by atoms with E-state index < -0.39 is 0 Å². The van der Waals surface area contributed by atoms with Crippen molar-refractivity contribution in [1.82, 2.24) is 15.2 Å². The number of pyridine rings is 1. The maximum Gasteiger partial charge on any atom is 0.241 e. The lowest BCUT2D eigenvalue weighted by Crippen LogP contribution is -2.39. The largest absolute Gasteiger partial charge is 0.346 e. The van der Waals surface area contributed by atoms with Gasteiger partial charge >= 0.3 is 0 Å². The van der Waals surface area contributed by atoms with Gasteiger partial charge in [-0.25, -0.2) is 4.98 Å². The predicted molar refractivity (Wildman–Crippen MR) is 88.0 cm³/mol. The first-order chi connectivity index (χ1) is 11.0. The molecule has 0 saturated carbocycles. The number of rotatable bonds is 5. The van der Waals surface area contributed by atoms with Crippen molar-refractivity contribution < 1.29 is 9.59 Å². The van der Waals surface area contributed by atoms with Gasteiger partial charge in [0.15, 0.2) is 0 Å². The van der Waals surface area contributed by atoms with E-state index in [1.807, 2.05) is 19.9 Å². The number of likely N-dealkylation sites (tertiary alicyclic amines) is 1. The zero-order valence-electron chi connectivity index (χ0n) is 13.4. The second-order valence-corrected chi connectivity index (χ2v) is 6.49. The fourth-order valence-corrected chi connectivity index (χ4v) is 3.41. The third-order valence-electron chi connectivity index (χ3n) is 3.66. The summed E-state index contributed by atoms with van der Waals surface area (Å²) in [6, 6.07) is 3.97. The molecule has 1 fully saturated rings. The molecular formula is C16H20N4O2S. The summed E-state index contributed by atoms with van der Waals surface area (Å²) in [5, 5.41) is 12.4. The number of aryl methyl sites for hydroxylation is 2. The van der Waals surface area contributed by atoms with Gasteiger partial charge in [0.05, 0.1) is 17.9 Å². The standard InChI is InChI=1S/C16H20N4O2S/c1-11-7-12(2)19-16(13(11)8-17)23-10-14(21)18-9-15(22)20-5-3-4-6-20/h7H,3-6,9-10H2,1-2H3,(H,18,21). The molecule has 122 valence electrons. The van der Waals surface area contributed by atoms with Crippen LogP contribution >= 0.6 is 11.8 Å². The molecule has 7 heteroatoms. The molecule has 2 amide bonds. The van der Waals surface area contributed by atoms with Gasteiger partial charge in [-0.3, -0.25) is 9.59 Å². The summed E-state index contributed by atoms with van der Waals surface area (Å²) < 4.78 is 0. The summed E-state index contributed by atoms with van der Waals surface area (Å²) >= 11 is 1.22. The van der Waals surface area contributed by atoms with Gasteiger partial charge in [-0.15, -0.1) is 0 Å². The van der Waals surface area contributed by atoms with Crippen LogP contribution in [-0.4, -0.2) is 47.1 Å². The molecule has 0 bridgehead atoms. The van der Waals surface area contributed by atoms with E-state index in [4.69, 9.17) is 0 Å². The number of hydrogen-bond acceptors (Lipinski definition) is 5. The van der Waals surface area contributed by atoms with Crippen molar-refractivity contribution in [2.75, 3.05) is 25.4 Å². The van der Waals surface area contributed by atoms with Gasteiger partial charge in [0, 0.05) is 18.8 Å². The van der Waals surface area contributed by atoms with Crippen LogP contribution in [0.4, 0.5) is 0 Å². The molecule has 0 aromatic carbocycles. The molecule has 1 aromatic rings. The van der Waals surface area contributed by atoms with Crippen LogP contribution in [0.5, 0.6) is 0 Å². The molecule has 1 aromatic heterocycles. The number of hydrogen-bond donors (Lipinski definition) is 1. The lowest BCUT2D eigenvalue weighted by Gasteiger charge is -2.15. The molecule has 23 heavy (non-hydrogen) atoms. The van der Waals surface area contributed by atoms with Gasteiger partial charge in [0.25, 0.3) is 0 Å². The van der Waals surface area contributed by atoms with Crippen LogP contribution in [0.1, 0.15) is 29.7 Å². The number of thioether (sulfide) groups is 1. The highest BCUT2D eigenvalue weighted by molar-refractivity contribution is 8.00. The lowest BCUT2D eigenvalue weighted by atomic mass is 10.1. The van der Waals surface area contributed by atoms with Crippen LogP contribution in [0, 0.1) is 25.2 Å². The Hall–Kier alpha value is -2.07. The molecule has 0 aliphatic carbocycles. The molecule has 1 saturated heterocycles. The first kappa shape index (κ1) is 17.3. The van der Waals surface area contributed by atoms with Gasteiger partial charge in [-0.2, -0.15) is 5.26 Å². The fourth-order valence-electron chi connectivity index (χ4n) is 2.48. The van der Waals surface area contributed by atoms with E-state index in [1.165, 1.54) is 11.8 Å². The fraction of sp³-hybridized carbons (Fsp3) is 0.500. The quantitative estimate of drug-likeness (QED) is 0.824. The van der Waals surface area contributed by atoms with Crippen LogP contribution in [0.15, 0.2) is 11.1 Å². The van der Waals surface area contributed by atoms with Crippen molar-refractivity contribution >= 4 is 23.6 Å². The van der Waals surface area contributed by atoms with Crippen LogP contribution in [0.2, 0.25) is 0 Å². The molecule has 1 aliphatic heterocycles. The molecule has 0 radical (unpaired) electrons. The first-order valence-corrected chi connectivity index (χ1v) is 8.55. The number of carbonyl (C=O) groups is 2. The van der Waals surface area contributed by atoms with E-state index in [2.05, 4.69) is 16.4 Å². The maximum absolute atomic E-state index is 11.9. The monoisotopic (exact) mass is 332 g/mol. The minimum absolute atomic E-state index is 0.0325. The van der Waals surface area contributed by atoms with Crippen molar-refractivity contribution in [3.05, 3.63) is 22.9 Å². The van der Waals surface area contributed by atoms with Gasteiger partial charge in [0.2, 0.25) is 11.8 Å². The average Bonchev–Trinajstić information content (AvgIpc) is 3.04. The van der Waals surface area contributed by atoms with Crippen LogP contribution in [0.25, 0.3) is 0 Å². The Morgan fingerprint density at radius 2 is 2.09 bits per heavy atom. The highest BCUT2D eigenvalue weighted by Crippen LogP contribution is 2.23. The van der Waals surface area contributed by atoms with Crippen LogP contribution in [0.3, 0.4) is 0 Å². The summed E-state index contributed by atoms with van der Waals surface area (Å²) in [4.78, 5) is 29.8. The molecule has 0 atom stereocenters. The Labute approximate surface area is 140 Å². The molecule has 6 nitrogen and oxygen atoms in total. The Kier molecular flexibility index (Phi) is 5.99. The second-order valence-electron chi connectivity index (χ2n) is 5.53. The zero-order chi connectivity index (χ0) is 16.8. The third kappa shape index (κ3) is 4.70. The Bertz CT molecular complexity index is 648. The van der Waals surface area contributed by atoms with E-state index in [9.17, 15) is 14.9 Å². The molecule has 1 aliphatic rings. The van der Waals surface area contributed by atoms with Crippen LogP contribution < -0.4 is 5.32 Å². The first-order valence-electron chi connectivity index (χ1n) is 7.57. The number of carbonyl (C=O) groups excluding carboxylic acids is 2. The predicted octanol–water partition coefficient (Wildman–Crippen LogP) is 1.40. The summed E-state index contributed by atoms with van der Waals surface area (Å²) in [5.74, 6) is -0.131.